The lowest BCUT2D eigenvalue weighted by atomic mass is 10.2. The minimum atomic E-state index is -3.66. The molecule has 0 atom stereocenters. The summed E-state index contributed by atoms with van der Waals surface area (Å²) in [6.45, 7) is 3.53. The highest BCUT2D eigenvalue weighted by atomic mass is 32.2. The fraction of sp³-hybridized carbons (Fsp3) is 0.135. The van der Waals surface area contributed by atoms with Crippen molar-refractivity contribution in [2.45, 2.75) is 29.8 Å². The van der Waals surface area contributed by atoms with Crippen LogP contribution in [0.5, 0.6) is 23.3 Å². The van der Waals surface area contributed by atoms with Crippen LogP contribution in [0.15, 0.2) is 117 Å². The molecule has 2 aliphatic rings. The van der Waals surface area contributed by atoms with Gasteiger partial charge in [0.25, 0.3) is 0 Å². The van der Waals surface area contributed by atoms with Gasteiger partial charge in [-0.15, -0.1) is 0 Å². The van der Waals surface area contributed by atoms with Crippen molar-refractivity contribution in [3.05, 3.63) is 120 Å². The molecule has 0 bridgehead atoms. The van der Waals surface area contributed by atoms with Crippen molar-refractivity contribution >= 4 is 43.5 Å². The molecule has 268 valence electrons. The number of aromatic nitrogens is 4. The Balaban J connectivity index is 1.44. The third-order valence-electron chi connectivity index (χ3n) is 8.42. The fourth-order valence-electron chi connectivity index (χ4n) is 5.75. The lowest BCUT2D eigenvalue weighted by molar-refractivity contribution is -0.369. The zero-order valence-electron chi connectivity index (χ0n) is 28.7. The molecule has 0 fully saturated rings. The summed E-state index contributed by atoms with van der Waals surface area (Å²) in [4.78, 5) is 9.30. The SMILES string of the molecule is Cc1nn(-c2ccccc2)c2c1/C=N/c1cc(S(C)(=O)=O)ccc1OC1(Oc3ccc(S(C)(=O)=O)cc3/N=C/c3c(C)nn(-c4ccccc4)c3O1)O2. The molecule has 2 aliphatic heterocycles. The summed E-state index contributed by atoms with van der Waals surface area (Å²) >= 11 is 0. The Kier molecular flexibility index (Phi) is 7.96. The zero-order valence-corrected chi connectivity index (χ0v) is 30.3. The van der Waals surface area contributed by atoms with Gasteiger partial charge in [-0.1, -0.05) is 36.4 Å². The molecule has 1 spiro atoms. The average molecular weight is 751 g/mol. The van der Waals surface area contributed by atoms with Crippen LogP contribution in [-0.2, 0) is 19.7 Å². The number of nitrogens with zero attached hydrogens (tertiary/aromatic N) is 6. The van der Waals surface area contributed by atoms with Crippen LogP contribution in [0.1, 0.15) is 22.5 Å². The molecular weight excluding hydrogens is 721 g/mol. The molecule has 4 heterocycles. The minimum absolute atomic E-state index is 0.00782. The van der Waals surface area contributed by atoms with Crippen molar-refractivity contribution in [2.24, 2.45) is 9.98 Å². The Hall–Kier alpha value is -6.26. The van der Waals surface area contributed by atoms with Gasteiger partial charge < -0.3 is 18.9 Å². The number of fused-ring (bicyclic) bond motifs is 4. The monoisotopic (exact) mass is 750 g/mol. The number of para-hydroxylation sites is 2. The van der Waals surface area contributed by atoms with Crippen molar-refractivity contribution in [3.63, 3.8) is 0 Å². The molecule has 6 aromatic rings. The Bertz CT molecular complexity index is 2520. The molecule has 0 unspecified atom stereocenters. The van der Waals surface area contributed by atoms with Crippen molar-refractivity contribution in [1.29, 1.82) is 0 Å². The largest absolute Gasteiger partial charge is 0.613 e. The minimum Gasteiger partial charge on any atom is -0.384 e. The predicted octanol–water partition coefficient (Wildman–Crippen LogP) is 5.84. The van der Waals surface area contributed by atoms with Gasteiger partial charge in [0.2, 0.25) is 11.8 Å². The number of rotatable bonds is 4. The fourth-order valence-corrected chi connectivity index (χ4v) is 7.03. The number of aliphatic imine (C=N–C) groups is 2. The van der Waals surface area contributed by atoms with Gasteiger partial charge in [0.15, 0.2) is 31.2 Å². The van der Waals surface area contributed by atoms with Crippen LogP contribution in [0.2, 0.25) is 0 Å². The standard InChI is InChI=1S/C37H30N6O8S2/c1-23-29-21-38-31-19-27(52(3,44)45)15-17-33(31)48-37(50-35(29)42(40-23)25-11-7-5-8-12-25)49-34-18-16-28(53(4,46)47)20-32(34)39-22-30-24(2)41-43(36(30)51-37)26-13-9-6-10-14-26/h5-22H,1-4H3/b38-21+,39-22+. The van der Waals surface area contributed by atoms with E-state index in [1.807, 2.05) is 60.7 Å². The lowest BCUT2D eigenvalue weighted by Crippen LogP contribution is -2.54. The molecule has 0 aliphatic carbocycles. The van der Waals surface area contributed by atoms with E-state index in [0.29, 0.717) is 33.9 Å². The van der Waals surface area contributed by atoms with Crippen molar-refractivity contribution in [2.75, 3.05) is 12.5 Å². The van der Waals surface area contributed by atoms with E-state index in [-0.39, 0.29) is 44.4 Å². The van der Waals surface area contributed by atoms with Gasteiger partial charge in [0, 0.05) is 24.9 Å². The van der Waals surface area contributed by atoms with Crippen LogP contribution in [0.4, 0.5) is 11.4 Å². The molecule has 0 amide bonds. The second-order valence-electron chi connectivity index (χ2n) is 12.3. The Morgan fingerprint density at radius 3 is 1.32 bits per heavy atom. The van der Waals surface area contributed by atoms with Crippen LogP contribution < -0.4 is 18.9 Å². The Morgan fingerprint density at radius 1 is 0.547 bits per heavy atom. The summed E-state index contributed by atoms with van der Waals surface area (Å²) in [6.07, 6.45) is 2.57. The molecule has 0 saturated heterocycles. The third-order valence-corrected chi connectivity index (χ3v) is 10.6. The molecule has 16 heteroatoms. The lowest BCUT2D eigenvalue weighted by Gasteiger charge is -2.32. The normalized spacial score (nSPS) is 15.8. The number of sulfone groups is 2. The first-order valence-corrected chi connectivity index (χ1v) is 19.9. The smallest absolute Gasteiger partial charge is 0.384 e. The zero-order chi connectivity index (χ0) is 37.1. The summed E-state index contributed by atoms with van der Waals surface area (Å²) in [5, 5.41) is 9.51. The first kappa shape index (κ1) is 33.9. The molecule has 53 heavy (non-hydrogen) atoms. The van der Waals surface area contributed by atoms with Crippen LogP contribution in [0, 0.1) is 13.8 Å². The maximum atomic E-state index is 12.7. The average Bonchev–Trinajstić information content (AvgIpc) is 3.63. The van der Waals surface area contributed by atoms with Crippen molar-refractivity contribution < 1.29 is 35.8 Å². The van der Waals surface area contributed by atoms with E-state index in [0.717, 1.165) is 12.5 Å². The van der Waals surface area contributed by atoms with Gasteiger partial charge in [-0.2, -0.15) is 19.6 Å². The molecule has 0 N–H and O–H groups in total. The molecule has 0 saturated carbocycles. The van der Waals surface area contributed by atoms with Gasteiger partial charge in [-0.25, -0.2) is 16.8 Å². The van der Waals surface area contributed by atoms with Crippen molar-refractivity contribution in [3.8, 4) is 34.6 Å². The third kappa shape index (κ3) is 6.31. The summed E-state index contributed by atoms with van der Waals surface area (Å²) in [5.41, 5.74) is 3.26. The van der Waals surface area contributed by atoms with Gasteiger partial charge in [0.05, 0.1) is 43.7 Å². The second kappa shape index (κ2) is 12.5. The van der Waals surface area contributed by atoms with Gasteiger partial charge in [-0.05, 0) is 74.5 Å². The molecule has 0 radical (unpaired) electrons. The molecular formula is C37H30N6O8S2. The highest BCUT2D eigenvalue weighted by molar-refractivity contribution is 7.91. The van der Waals surface area contributed by atoms with E-state index in [4.69, 9.17) is 29.1 Å². The number of benzene rings is 4. The van der Waals surface area contributed by atoms with Crippen molar-refractivity contribution in [1.82, 2.24) is 19.6 Å². The van der Waals surface area contributed by atoms with Crippen LogP contribution in [-0.4, -0.2) is 67.5 Å². The number of aryl methyl sites for hydroxylation is 2. The van der Waals surface area contributed by atoms with Crippen LogP contribution in [0.3, 0.4) is 0 Å². The highest BCUT2D eigenvalue weighted by Crippen LogP contribution is 2.43. The Morgan fingerprint density at radius 2 is 0.943 bits per heavy atom. The maximum absolute atomic E-state index is 12.7. The number of ether oxygens (including phenoxy) is 4. The summed E-state index contributed by atoms with van der Waals surface area (Å²) in [6, 6.07) is 26.7. The predicted molar refractivity (Wildman–Crippen MR) is 195 cm³/mol. The van der Waals surface area contributed by atoms with Gasteiger partial charge in [0.1, 0.15) is 11.4 Å². The van der Waals surface area contributed by atoms with Gasteiger partial charge in [-0.3, -0.25) is 9.98 Å². The Labute approximate surface area is 304 Å². The maximum Gasteiger partial charge on any atom is 0.613 e. The van der Waals surface area contributed by atoms with Crippen LogP contribution in [0.25, 0.3) is 11.4 Å². The number of hydrogen-bond donors (Lipinski definition) is 0. The van der Waals surface area contributed by atoms with E-state index in [2.05, 4.69) is 9.98 Å². The molecule has 14 nitrogen and oxygen atoms in total. The van der Waals surface area contributed by atoms with E-state index in [1.165, 1.54) is 58.2 Å². The quantitative estimate of drug-likeness (QED) is 0.214. The van der Waals surface area contributed by atoms with E-state index < -0.39 is 25.8 Å². The molecule has 2 aromatic heterocycles. The second-order valence-corrected chi connectivity index (χ2v) is 16.4. The summed E-state index contributed by atoms with van der Waals surface area (Å²) in [5.74, 6) is 0.225. The van der Waals surface area contributed by atoms with Crippen LogP contribution >= 0.6 is 0 Å². The first-order valence-electron chi connectivity index (χ1n) is 16.1. The van der Waals surface area contributed by atoms with E-state index in [9.17, 15) is 16.8 Å². The first-order chi connectivity index (χ1) is 25.3. The van der Waals surface area contributed by atoms with E-state index in [1.54, 1.807) is 13.8 Å². The molecule has 4 aromatic carbocycles. The topological polar surface area (TPSA) is 166 Å². The number of hydrogen-bond acceptors (Lipinski definition) is 12. The molecule has 8 rings (SSSR count). The summed E-state index contributed by atoms with van der Waals surface area (Å²) < 4.78 is 80.7. The summed E-state index contributed by atoms with van der Waals surface area (Å²) in [7, 11) is -7.32. The van der Waals surface area contributed by atoms with E-state index >= 15 is 0 Å². The van der Waals surface area contributed by atoms with Gasteiger partial charge >= 0.3 is 6.16 Å². The highest BCUT2D eigenvalue weighted by Gasteiger charge is 2.49.